The lowest BCUT2D eigenvalue weighted by atomic mass is 12.5. The molecule has 0 aromatic heterocycles. The fourth-order valence-electron chi connectivity index (χ4n) is 0. The molecule has 5 heavy (non-hydrogen) atoms. The summed E-state index contributed by atoms with van der Waals surface area (Å²) in [4.78, 5) is 0. The van der Waals surface area contributed by atoms with Gasteiger partial charge in [0.2, 0.25) is 0 Å². The van der Waals surface area contributed by atoms with Crippen LogP contribution in [0, 0.1) is 0 Å². The molecular formula is H6ClN3O. The Kier molecular flexibility index (Phi) is 15.9. The van der Waals surface area contributed by atoms with Crippen molar-refractivity contribution in [3.05, 3.63) is 0 Å². The van der Waals surface area contributed by atoms with Crippen LogP contribution >= 0.6 is 0 Å². The molecular weight excluding hydrogens is 93.5 g/mol. The Labute approximate surface area is 35.7 Å². The summed E-state index contributed by atoms with van der Waals surface area (Å²) in [5.41, 5.74) is 3.56. The first-order valence-electron chi connectivity index (χ1n) is 0.827. The van der Waals surface area contributed by atoms with Gasteiger partial charge in [-0.25, -0.2) is 0 Å². The maximum atomic E-state index is 7.45. The largest absolute Gasteiger partial charge is 1.00 e. The predicted octanol–water partition coefficient (Wildman–Crippen LogP) is -5.37. The molecule has 0 atom stereocenters. The highest BCUT2D eigenvalue weighted by molar-refractivity contribution is 3.50. The molecule has 34 valence electrons. The van der Waals surface area contributed by atoms with E-state index in [4.69, 9.17) is 5.21 Å². The van der Waals surface area contributed by atoms with Gasteiger partial charge in [-0.1, -0.05) is 11.1 Å². The van der Waals surface area contributed by atoms with E-state index >= 15 is 0 Å². The van der Waals surface area contributed by atoms with Gasteiger partial charge in [-0.05, 0) is 0 Å². The van der Waals surface area contributed by atoms with Crippen molar-refractivity contribution in [2.75, 3.05) is 0 Å². The average Bonchev–Trinajstić information content (AvgIpc) is 1.37. The summed E-state index contributed by atoms with van der Waals surface area (Å²) in [5.74, 6) is 2.99. The molecule has 5 heteroatoms. The number of hydrogen-bond donors (Lipinski definition) is 4. The number of halogens is 1. The van der Waals surface area contributed by atoms with Crippen LogP contribution in [0.3, 0.4) is 0 Å². The lowest BCUT2D eigenvalue weighted by Crippen LogP contribution is -3.00. The minimum Gasteiger partial charge on any atom is -1.00 e. The van der Waals surface area contributed by atoms with Crippen LogP contribution in [0.2, 0.25) is 0 Å². The van der Waals surface area contributed by atoms with Gasteiger partial charge in [-0.3, -0.25) is 11.0 Å². The van der Waals surface area contributed by atoms with Gasteiger partial charge in [-0.15, -0.1) is 0 Å². The van der Waals surface area contributed by atoms with E-state index < -0.39 is 0 Å². The molecule has 0 heterocycles. The lowest BCUT2D eigenvalue weighted by molar-refractivity contribution is -0.473. The van der Waals surface area contributed by atoms with E-state index in [-0.39, 0.29) is 12.4 Å². The van der Waals surface area contributed by atoms with E-state index in [0.717, 1.165) is 0 Å². The first-order valence-corrected chi connectivity index (χ1v) is 0.827. The smallest absolute Gasteiger partial charge is 0.0808 e. The Morgan fingerprint density at radius 1 is 1.60 bits per heavy atom. The summed E-state index contributed by atoms with van der Waals surface area (Å²) in [6, 6.07) is 0. The van der Waals surface area contributed by atoms with Gasteiger partial charge >= 0.3 is 0 Å². The Balaban J connectivity index is 0. The zero-order chi connectivity index (χ0) is 3.41. The molecule has 0 radical (unpaired) electrons. The zero-order valence-corrected chi connectivity index (χ0v) is 3.29. The molecule has 0 fully saturated rings. The topological polar surface area (TPSA) is 71.9 Å². The van der Waals surface area contributed by atoms with Crippen LogP contribution < -0.4 is 29.4 Å². The summed E-state index contributed by atoms with van der Waals surface area (Å²) < 4.78 is 0. The lowest BCUT2D eigenvalue weighted by Gasteiger charge is -1.76. The standard InChI is InChI=1S/ClH.H5N3O/c;1-2-3-4/h1H;2-4H,1H2. The van der Waals surface area contributed by atoms with Crippen LogP contribution in [0.15, 0.2) is 0 Å². The van der Waals surface area contributed by atoms with Crippen LogP contribution in [0.4, 0.5) is 0 Å². The van der Waals surface area contributed by atoms with Crippen molar-refractivity contribution >= 4 is 0 Å². The van der Waals surface area contributed by atoms with Gasteiger partial charge in [0.15, 0.2) is 0 Å². The van der Waals surface area contributed by atoms with E-state index in [9.17, 15) is 0 Å². The van der Waals surface area contributed by atoms with Crippen LogP contribution in [0.1, 0.15) is 0 Å². The molecule has 6 N–H and O–H groups in total. The number of nitrogens with one attached hydrogen (secondary N) is 2. The first-order chi connectivity index (χ1) is 1.91. The Hall–Kier alpha value is 0.130. The van der Waals surface area contributed by atoms with Crippen LogP contribution in [0.25, 0.3) is 0 Å². The van der Waals surface area contributed by atoms with Crippen molar-refractivity contribution in [3.8, 4) is 0 Å². The minimum atomic E-state index is 0. The van der Waals surface area contributed by atoms with Crippen molar-refractivity contribution in [2.24, 2.45) is 0 Å². The van der Waals surface area contributed by atoms with Crippen LogP contribution in [0.5, 0.6) is 0 Å². The van der Waals surface area contributed by atoms with E-state index in [1.165, 1.54) is 0 Å². The average molecular weight is 99.5 g/mol. The maximum absolute atomic E-state index is 7.45. The van der Waals surface area contributed by atoms with Gasteiger partial charge < -0.3 is 12.4 Å². The summed E-state index contributed by atoms with van der Waals surface area (Å²) in [5, 5.41) is 7.45. The Bertz CT molecular complexity index is 8.85. The molecule has 0 aromatic rings. The Morgan fingerprint density at radius 2 is 1.80 bits per heavy atom. The van der Waals surface area contributed by atoms with Gasteiger partial charge in [0.1, 0.15) is 0 Å². The van der Waals surface area contributed by atoms with E-state index in [2.05, 4.69) is 5.84 Å². The van der Waals surface area contributed by atoms with E-state index in [1.54, 1.807) is 5.59 Å². The van der Waals surface area contributed by atoms with Gasteiger partial charge in [0, 0.05) is 0 Å². The minimum absolute atomic E-state index is 0. The number of hydrogen-bond acceptors (Lipinski definition) is 3. The Morgan fingerprint density at radius 3 is 1.80 bits per heavy atom. The van der Waals surface area contributed by atoms with Crippen LogP contribution in [-0.2, 0) is 0 Å². The molecule has 0 aromatic carbocycles. The SMILES string of the molecule is [Cl-].[NH3+]NNO. The molecule has 0 saturated heterocycles. The highest BCUT2D eigenvalue weighted by atomic mass is 35.5. The summed E-state index contributed by atoms with van der Waals surface area (Å²) in [6.07, 6.45) is 0. The third kappa shape index (κ3) is 14.7. The van der Waals surface area contributed by atoms with Crippen molar-refractivity contribution in [2.45, 2.75) is 0 Å². The van der Waals surface area contributed by atoms with Gasteiger partial charge in [0.25, 0.3) is 0 Å². The molecule has 0 aliphatic rings. The van der Waals surface area contributed by atoms with E-state index in [1.807, 2.05) is 5.53 Å². The molecule has 0 saturated carbocycles. The third-order valence-corrected chi connectivity index (χ3v) is 0.0791. The summed E-state index contributed by atoms with van der Waals surface area (Å²) in [6.45, 7) is 0. The summed E-state index contributed by atoms with van der Waals surface area (Å²) >= 11 is 0. The molecule has 0 bridgehead atoms. The van der Waals surface area contributed by atoms with E-state index in [0.29, 0.717) is 0 Å². The first kappa shape index (κ1) is 8.93. The normalized spacial score (nSPS) is 6.00. The fraction of sp³-hybridized carbons (Fsp3) is 0. The second kappa shape index (κ2) is 8.92. The third-order valence-electron chi connectivity index (χ3n) is 0.0791. The molecule has 4 nitrogen and oxygen atoms in total. The van der Waals surface area contributed by atoms with Crippen molar-refractivity contribution in [1.82, 2.24) is 11.1 Å². The fourth-order valence-corrected chi connectivity index (χ4v) is 0. The second-order valence-corrected chi connectivity index (χ2v) is 0.289. The molecule has 0 aliphatic heterocycles. The number of hydrazine groups is 1. The van der Waals surface area contributed by atoms with Crippen LogP contribution in [-0.4, -0.2) is 5.21 Å². The van der Waals surface area contributed by atoms with Crippen molar-refractivity contribution < 1.29 is 23.5 Å². The van der Waals surface area contributed by atoms with Crippen molar-refractivity contribution in [3.63, 3.8) is 0 Å². The monoisotopic (exact) mass is 99.0 g/mol. The second-order valence-electron chi connectivity index (χ2n) is 0.289. The molecule has 0 amide bonds. The number of rotatable bonds is 1. The zero-order valence-electron chi connectivity index (χ0n) is 2.53. The predicted molar refractivity (Wildman–Crippen MR) is 10.9 cm³/mol. The number of quaternary nitrogens is 1. The molecule has 0 aliphatic carbocycles. The van der Waals surface area contributed by atoms with Gasteiger partial charge in [-0.2, -0.15) is 0 Å². The molecule has 0 unspecified atom stereocenters. The molecule has 0 rings (SSSR count). The van der Waals surface area contributed by atoms with Crippen molar-refractivity contribution in [1.29, 1.82) is 0 Å². The highest BCUT2D eigenvalue weighted by Gasteiger charge is 1.48. The summed E-state index contributed by atoms with van der Waals surface area (Å²) in [7, 11) is 0. The highest BCUT2D eigenvalue weighted by Crippen LogP contribution is 0.912. The molecule has 0 spiro atoms. The maximum Gasteiger partial charge on any atom is -0.0808 e. The van der Waals surface area contributed by atoms with Gasteiger partial charge in [0.05, 0.1) is 0 Å². The quantitative estimate of drug-likeness (QED) is 0.248.